The van der Waals surface area contributed by atoms with E-state index >= 15 is 0 Å². The molecule has 109 heavy (non-hydrogen) atoms. The van der Waals surface area contributed by atoms with Crippen LogP contribution >= 0.6 is 7.82 Å². The van der Waals surface area contributed by atoms with Gasteiger partial charge in [-0.15, -0.1) is 0 Å². The Bertz CT molecular complexity index is 3470. The van der Waals surface area contributed by atoms with Crippen LogP contribution in [-0.2, 0) is 92.5 Å². The van der Waals surface area contributed by atoms with E-state index in [2.05, 4.69) is 147 Å². The van der Waals surface area contributed by atoms with Gasteiger partial charge in [0.05, 0.1) is 92.6 Å². The molecule has 622 valence electrons. The molecule has 4 aromatic carbocycles. The molecule has 0 aliphatic carbocycles. The average molecular weight is 1560 g/mol. The summed E-state index contributed by atoms with van der Waals surface area (Å²) in [4.78, 5) is 21.4. The highest BCUT2D eigenvalue weighted by Gasteiger charge is 2.47. The molecule has 3 saturated heterocycles. The molecule has 3 aliphatic rings. The zero-order chi connectivity index (χ0) is 83.1. The van der Waals surface area contributed by atoms with Crippen molar-refractivity contribution in [3.05, 3.63) is 118 Å². The number of aliphatic hydroxyl groups is 9. The molecule has 0 amide bonds. The maximum atomic E-state index is 12.2. The number of ether oxygens (including phenoxy) is 6. The van der Waals surface area contributed by atoms with E-state index in [9.17, 15) is 65.3 Å². The summed E-state index contributed by atoms with van der Waals surface area (Å²) in [6.07, 6.45) is -12.6. The van der Waals surface area contributed by atoms with E-state index in [1.165, 1.54) is 5.56 Å². The van der Waals surface area contributed by atoms with Crippen LogP contribution in [0.3, 0.4) is 0 Å². The van der Waals surface area contributed by atoms with Crippen LogP contribution in [0, 0.1) is 11.8 Å². The van der Waals surface area contributed by atoms with Gasteiger partial charge in [0, 0.05) is 76.0 Å². The number of aliphatic carboxylic acids is 1. The van der Waals surface area contributed by atoms with Crippen molar-refractivity contribution in [2.45, 2.75) is 350 Å². The maximum absolute atomic E-state index is 12.2. The normalized spacial score (nSPS) is 25.7. The minimum absolute atomic E-state index is 0.0810. The lowest BCUT2D eigenvalue weighted by Crippen LogP contribution is -2.59. The third-order valence-corrected chi connectivity index (χ3v) is 18.5. The quantitative estimate of drug-likeness (QED) is 0.0307. The standard InChI is InChI=1S/C23H37NO6.C23H39NO5.C22H38NO9P.C15H25NO/c1-13-17(30-20(21(27)28)19(26)18(13)25)11-15-9-8-14(12-29-23(5,6)7)10-16(15)24-22(2,3)4;1-14-18(29-19(12-25)21(27)20(14)26)11-16-9-8-15(13-28-23(5,6)7)10-17(16)24-22(2,3)4;1-21(2,3)23-15-9-13(12-30-33(28,29)32-22(4,5)6)7-8-14(15)10-16-18(25)20(27)19(26)17(11-24)31-16;1-14(2,3)16-13-9-7-12(8-10-13)11-17-15(4,5)6/h8-10,13,17-20,24-26H,11-12H2,1-7H3,(H,27,28);8-10,14,18-21,24-27H,11-13H2,1-7H3;7-9,16-20,23-27H,10-12H2,1-6H3,(H,28,29);7-10,16H,11H2,1-6H3. The number of nitrogens with one attached hydrogen (secondary N) is 4. The molecule has 0 aromatic heterocycles. The van der Waals surface area contributed by atoms with E-state index in [1.54, 1.807) is 45.9 Å². The first-order valence-corrected chi connectivity index (χ1v) is 39.5. The Morgan fingerprint density at radius 1 is 0.394 bits per heavy atom. The molecule has 26 heteroatoms. The molecule has 15 N–H and O–H groups in total. The number of anilines is 4. The minimum Gasteiger partial charge on any atom is -0.479 e. The van der Waals surface area contributed by atoms with E-state index in [4.69, 9.17) is 37.5 Å². The van der Waals surface area contributed by atoms with Gasteiger partial charge >= 0.3 is 13.8 Å². The van der Waals surface area contributed by atoms with E-state index < -0.39 is 105 Å². The minimum atomic E-state index is -4.26. The van der Waals surface area contributed by atoms with Crippen molar-refractivity contribution in [2.24, 2.45) is 11.8 Å². The Morgan fingerprint density at radius 3 is 1.06 bits per heavy atom. The summed E-state index contributed by atoms with van der Waals surface area (Å²) in [5.74, 6) is -1.94. The van der Waals surface area contributed by atoms with E-state index in [0.29, 0.717) is 43.9 Å². The molecule has 16 unspecified atom stereocenters. The van der Waals surface area contributed by atoms with Crippen LogP contribution in [0.25, 0.3) is 0 Å². The van der Waals surface area contributed by atoms with Gasteiger partial charge in [-0.05, 0) is 235 Å². The van der Waals surface area contributed by atoms with Crippen LogP contribution in [0.1, 0.15) is 219 Å². The van der Waals surface area contributed by atoms with E-state index in [-0.39, 0.29) is 70.6 Å². The van der Waals surface area contributed by atoms with Crippen molar-refractivity contribution in [1.82, 2.24) is 0 Å². The molecule has 0 spiro atoms. The Labute approximate surface area is 650 Å². The number of carbonyl (C=O) groups is 1. The summed E-state index contributed by atoms with van der Waals surface area (Å²) in [5.41, 5.74) is 8.53. The largest absolute Gasteiger partial charge is 0.479 e. The first-order chi connectivity index (χ1) is 49.6. The van der Waals surface area contributed by atoms with Gasteiger partial charge in [-0.25, -0.2) is 9.36 Å². The molecule has 3 heterocycles. The van der Waals surface area contributed by atoms with Crippen molar-refractivity contribution in [3.63, 3.8) is 0 Å². The van der Waals surface area contributed by atoms with Gasteiger partial charge in [0.25, 0.3) is 0 Å². The van der Waals surface area contributed by atoms with E-state index in [1.807, 2.05) is 87.4 Å². The van der Waals surface area contributed by atoms with Crippen LogP contribution in [0.5, 0.6) is 0 Å². The number of benzene rings is 4. The van der Waals surface area contributed by atoms with Crippen LogP contribution in [0.2, 0.25) is 0 Å². The predicted octanol–water partition coefficient (Wildman–Crippen LogP) is 11.8. The number of hydrogen-bond acceptors (Lipinski definition) is 23. The van der Waals surface area contributed by atoms with Gasteiger partial charge in [0.1, 0.15) is 42.7 Å². The van der Waals surface area contributed by atoms with Crippen LogP contribution < -0.4 is 21.3 Å². The summed E-state index contributed by atoms with van der Waals surface area (Å²) in [6.45, 7) is 52.5. The number of hydrogen-bond donors (Lipinski definition) is 15. The van der Waals surface area contributed by atoms with Crippen molar-refractivity contribution in [1.29, 1.82) is 0 Å². The number of aliphatic hydroxyl groups excluding tert-OH is 9. The molecule has 3 aliphatic heterocycles. The van der Waals surface area contributed by atoms with Gasteiger partial charge < -0.3 is 106 Å². The lowest BCUT2D eigenvalue weighted by Gasteiger charge is -2.41. The van der Waals surface area contributed by atoms with Crippen LogP contribution in [0.15, 0.2) is 78.9 Å². The second kappa shape index (κ2) is 39.9. The first-order valence-electron chi connectivity index (χ1n) is 38.0. The number of rotatable bonds is 23. The van der Waals surface area contributed by atoms with Gasteiger partial charge in [-0.1, -0.05) is 62.4 Å². The lowest BCUT2D eigenvalue weighted by atomic mass is 9.84. The Hall–Kier alpha value is -4.94. The molecule has 7 rings (SSSR count). The molecule has 0 radical (unpaired) electrons. The molecule has 3 fully saturated rings. The number of carboxylic acids is 1. The molecule has 4 aromatic rings. The molecular weight excluding hydrogens is 1420 g/mol. The summed E-state index contributed by atoms with van der Waals surface area (Å²) in [5, 5.41) is 113. The van der Waals surface area contributed by atoms with Crippen molar-refractivity contribution in [2.75, 3.05) is 34.5 Å². The predicted molar refractivity (Wildman–Crippen MR) is 428 cm³/mol. The highest BCUT2D eigenvalue weighted by molar-refractivity contribution is 7.47. The monoisotopic (exact) mass is 1560 g/mol. The number of phosphoric acid groups is 1. The van der Waals surface area contributed by atoms with Crippen molar-refractivity contribution >= 4 is 36.5 Å². The number of carboxylic acid groups (broad SMARTS) is 1. The number of phosphoric ester groups is 1. The summed E-state index contributed by atoms with van der Waals surface area (Å²) < 4.78 is 57.2. The van der Waals surface area contributed by atoms with Gasteiger partial charge in [-0.2, -0.15) is 0 Å². The summed E-state index contributed by atoms with van der Waals surface area (Å²) >= 11 is 0. The third-order valence-electron chi connectivity index (χ3n) is 17.3. The Kier molecular flexibility index (Phi) is 35.3. The SMILES string of the molecule is CC(C)(C)Nc1cc(COP(=O)(O)OC(C)(C)C)ccc1CC1OC(CO)C(O)C(O)C1O.CC(C)(C)Nc1ccc(COC(C)(C)C)cc1.CC1C(Cc2ccc(COC(C)(C)C)cc2NC(C)(C)C)OC(C(=O)O)C(O)C1O.CC1C(Cc2ccc(COC(C)(C)C)cc2NC(C)(C)C)OC(CO)C(O)C1O. The molecular formula is C83H139N4O21P. The highest BCUT2D eigenvalue weighted by Crippen LogP contribution is 2.48. The van der Waals surface area contributed by atoms with Crippen LogP contribution in [-0.4, -0.2) is 199 Å². The maximum Gasteiger partial charge on any atom is 0.473 e. The third kappa shape index (κ3) is 34.7. The summed E-state index contributed by atoms with van der Waals surface area (Å²) in [6, 6.07) is 25.9. The second-order valence-corrected chi connectivity index (χ2v) is 38.7. The first kappa shape index (κ1) is 96.4. The van der Waals surface area contributed by atoms with E-state index in [0.717, 1.165) is 44.9 Å². The second-order valence-electron chi connectivity index (χ2n) is 37.3. The zero-order valence-electron chi connectivity index (χ0n) is 70.0. The molecule has 16 atom stereocenters. The van der Waals surface area contributed by atoms with Gasteiger partial charge in [0.2, 0.25) is 0 Å². The fourth-order valence-electron chi connectivity index (χ4n) is 11.9. The highest BCUT2D eigenvalue weighted by atomic mass is 31.2. The zero-order valence-corrected chi connectivity index (χ0v) is 70.9. The summed E-state index contributed by atoms with van der Waals surface area (Å²) in [7, 11) is -4.26. The topological polar surface area (TPSA) is 379 Å². The molecule has 25 nitrogen and oxygen atoms in total. The molecule has 0 bridgehead atoms. The van der Waals surface area contributed by atoms with Gasteiger partial charge in [-0.3, -0.25) is 9.05 Å². The Morgan fingerprint density at radius 2 is 0.706 bits per heavy atom. The van der Waals surface area contributed by atoms with Crippen LogP contribution in [0.4, 0.5) is 22.7 Å². The molecule has 0 saturated carbocycles. The fourth-order valence-corrected chi connectivity index (χ4v) is 12.9. The van der Waals surface area contributed by atoms with Crippen molar-refractivity contribution < 1.29 is 103 Å². The smallest absolute Gasteiger partial charge is 0.473 e. The average Bonchev–Trinajstić information content (AvgIpc) is 0.804. The van der Waals surface area contributed by atoms with Crippen molar-refractivity contribution in [3.8, 4) is 0 Å². The van der Waals surface area contributed by atoms with Gasteiger partial charge in [0.15, 0.2) is 6.10 Å². The Balaban J connectivity index is 0.000000314. The fraction of sp³-hybridized carbons (Fsp3) is 0.699. The lowest BCUT2D eigenvalue weighted by molar-refractivity contribution is -0.228.